The summed E-state index contributed by atoms with van der Waals surface area (Å²) in [5.41, 5.74) is 6.82. The first-order valence-electron chi connectivity index (χ1n) is 6.62. The van der Waals surface area contributed by atoms with E-state index in [1.165, 1.54) is 0 Å². The summed E-state index contributed by atoms with van der Waals surface area (Å²) >= 11 is 1.55. The molecule has 1 aromatic carbocycles. The van der Waals surface area contributed by atoms with Gasteiger partial charge in [0.15, 0.2) is 11.5 Å². The Morgan fingerprint density at radius 1 is 1.18 bits per heavy atom. The van der Waals surface area contributed by atoms with E-state index in [2.05, 4.69) is 17.4 Å². The number of benzene rings is 1. The minimum absolute atomic E-state index is 0.121. The lowest BCUT2D eigenvalue weighted by atomic mass is 10.1. The number of nitrogens with one attached hydrogen (secondary N) is 2. The highest BCUT2D eigenvalue weighted by Gasteiger charge is 2.08. The fourth-order valence-corrected chi connectivity index (χ4v) is 2.56. The predicted molar refractivity (Wildman–Crippen MR) is 87.9 cm³/mol. The summed E-state index contributed by atoms with van der Waals surface area (Å²) in [6.45, 7) is 3.91. The van der Waals surface area contributed by atoms with Crippen LogP contribution in [0.2, 0.25) is 0 Å². The van der Waals surface area contributed by atoms with Crippen LogP contribution in [-0.4, -0.2) is 20.1 Å². The van der Waals surface area contributed by atoms with E-state index in [0.29, 0.717) is 23.6 Å². The highest BCUT2D eigenvalue weighted by Crippen LogP contribution is 2.29. The molecule has 0 saturated carbocycles. The summed E-state index contributed by atoms with van der Waals surface area (Å²) in [5.74, 6) is 1.12. The zero-order valence-corrected chi connectivity index (χ0v) is 13.3. The van der Waals surface area contributed by atoms with Gasteiger partial charge in [-0.2, -0.15) is 0 Å². The van der Waals surface area contributed by atoms with Crippen LogP contribution in [0.15, 0.2) is 42.3 Å². The molecule has 116 valence electrons. The molecule has 0 spiro atoms. The smallest absolute Gasteiger partial charge is 0.243 e. The van der Waals surface area contributed by atoms with E-state index >= 15 is 0 Å². The number of hydrogen-bond acceptors (Lipinski definition) is 5. The Morgan fingerprint density at radius 2 is 1.95 bits per heavy atom. The lowest BCUT2D eigenvalue weighted by Crippen LogP contribution is -2.36. The normalized spacial score (nSPS) is 9.91. The molecule has 2 rings (SSSR count). The first kappa shape index (κ1) is 15.9. The van der Waals surface area contributed by atoms with Gasteiger partial charge in [-0.25, -0.2) is 0 Å². The molecule has 0 unspecified atom stereocenters. The second kappa shape index (κ2) is 7.51. The van der Waals surface area contributed by atoms with Crippen molar-refractivity contribution in [2.45, 2.75) is 6.42 Å². The first-order valence-corrected chi connectivity index (χ1v) is 7.50. The van der Waals surface area contributed by atoms with Crippen LogP contribution < -0.4 is 20.3 Å². The largest absolute Gasteiger partial charge is 0.493 e. The van der Waals surface area contributed by atoms with Gasteiger partial charge in [-0.3, -0.25) is 15.6 Å². The van der Waals surface area contributed by atoms with Crippen molar-refractivity contribution in [1.82, 2.24) is 10.9 Å². The van der Waals surface area contributed by atoms with Crippen LogP contribution in [0.25, 0.3) is 5.70 Å². The first-order chi connectivity index (χ1) is 10.6. The van der Waals surface area contributed by atoms with E-state index in [-0.39, 0.29) is 5.91 Å². The number of rotatable bonds is 7. The zero-order valence-electron chi connectivity index (χ0n) is 12.5. The Hall–Kier alpha value is -2.47. The van der Waals surface area contributed by atoms with E-state index in [1.807, 2.05) is 23.6 Å². The number of amides is 1. The van der Waals surface area contributed by atoms with Crippen molar-refractivity contribution in [3.05, 3.63) is 52.7 Å². The van der Waals surface area contributed by atoms with Crippen LogP contribution in [0.5, 0.6) is 11.5 Å². The van der Waals surface area contributed by atoms with Crippen LogP contribution in [0.3, 0.4) is 0 Å². The third-order valence-electron chi connectivity index (χ3n) is 3.00. The molecule has 0 bridgehead atoms. The summed E-state index contributed by atoms with van der Waals surface area (Å²) < 4.78 is 10.4. The molecule has 0 aliphatic rings. The van der Waals surface area contributed by atoms with Gasteiger partial charge in [0.1, 0.15) is 0 Å². The number of methoxy groups -OCH3 is 2. The molecule has 0 atom stereocenters. The molecule has 0 radical (unpaired) electrons. The van der Waals surface area contributed by atoms with E-state index in [9.17, 15) is 4.79 Å². The van der Waals surface area contributed by atoms with Crippen molar-refractivity contribution in [3.63, 3.8) is 0 Å². The minimum atomic E-state index is -0.121. The molecule has 1 aromatic heterocycles. The Kier molecular flexibility index (Phi) is 5.43. The number of carbonyl (C=O) groups is 1. The van der Waals surface area contributed by atoms with Crippen LogP contribution in [0.4, 0.5) is 0 Å². The molecule has 2 N–H and O–H groups in total. The molecule has 2 aromatic rings. The molecule has 1 amide bonds. The Labute approximate surface area is 133 Å². The summed E-state index contributed by atoms with van der Waals surface area (Å²) in [5, 5.41) is 1.94. The monoisotopic (exact) mass is 318 g/mol. The lowest BCUT2D eigenvalue weighted by molar-refractivity contribution is -0.121. The zero-order chi connectivity index (χ0) is 15.9. The summed E-state index contributed by atoms with van der Waals surface area (Å²) in [7, 11) is 3.15. The summed E-state index contributed by atoms with van der Waals surface area (Å²) in [4.78, 5) is 12.8. The van der Waals surface area contributed by atoms with Crippen molar-refractivity contribution in [1.29, 1.82) is 0 Å². The van der Waals surface area contributed by atoms with Gasteiger partial charge in [0.2, 0.25) is 5.91 Å². The number of hydrazine groups is 1. The molecular weight excluding hydrogens is 300 g/mol. The molecule has 5 nitrogen and oxygen atoms in total. The third kappa shape index (κ3) is 4.02. The highest BCUT2D eigenvalue weighted by atomic mass is 32.1. The van der Waals surface area contributed by atoms with E-state index < -0.39 is 0 Å². The number of thiophene rings is 1. The van der Waals surface area contributed by atoms with Crippen LogP contribution in [0.1, 0.15) is 10.4 Å². The van der Waals surface area contributed by atoms with Gasteiger partial charge in [-0.1, -0.05) is 12.6 Å². The average molecular weight is 318 g/mol. The van der Waals surface area contributed by atoms with Crippen molar-refractivity contribution < 1.29 is 14.3 Å². The maximum atomic E-state index is 11.8. The van der Waals surface area contributed by atoms with Gasteiger partial charge in [0, 0.05) is 10.4 Å². The molecule has 1 heterocycles. The minimum Gasteiger partial charge on any atom is -0.493 e. The van der Waals surface area contributed by atoms with Gasteiger partial charge in [0.05, 0.1) is 26.3 Å². The topological polar surface area (TPSA) is 59.6 Å². The van der Waals surface area contributed by atoms with E-state index in [1.54, 1.807) is 37.7 Å². The second-order valence-electron chi connectivity index (χ2n) is 4.48. The number of ether oxygens (including phenoxy) is 2. The maximum Gasteiger partial charge on any atom is 0.243 e. The lowest BCUT2D eigenvalue weighted by Gasteiger charge is -2.13. The fourth-order valence-electron chi connectivity index (χ4n) is 1.86. The summed E-state index contributed by atoms with van der Waals surface area (Å²) in [6.07, 6.45) is 0.337. The van der Waals surface area contributed by atoms with Crippen LogP contribution in [0, 0.1) is 0 Å². The predicted octanol–water partition coefficient (Wildman–Crippen LogP) is 2.60. The van der Waals surface area contributed by atoms with Gasteiger partial charge >= 0.3 is 0 Å². The molecule has 0 aliphatic heterocycles. The van der Waals surface area contributed by atoms with E-state index in [0.717, 1.165) is 10.4 Å². The Bertz CT molecular complexity index is 653. The average Bonchev–Trinajstić information content (AvgIpc) is 3.04. The molecule has 22 heavy (non-hydrogen) atoms. The third-order valence-corrected chi connectivity index (χ3v) is 3.88. The second-order valence-corrected chi connectivity index (χ2v) is 5.51. The van der Waals surface area contributed by atoms with Gasteiger partial charge in [0.25, 0.3) is 0 Å². The quantitative estimate of drug-likeness (QED) is 0.771. The van der Waals surface area contributed by atoms with Crippen LogP contribution in [-0.2, 0) is 11.2 Å². The van der Waals surface area contributed by atoms with Gasteiger partial charge in [-0.05, 0) is 29.6 Å². The van der Waals surface area contributed by atoms with Crippen molar-refractivity contribution >= 4 is 22.9 Å². The standard InChI is InChI=1S/C16H18N2O3S/c1-11(12-6-7-14(20-2)15(9-12)21-3)17-18-16(19)10-13-5-4-8-22-13/h4-9,17H,1,10H2,2-3H3,(H,18,19). The van der Waals surface area contributed by atoms with Crippen molar-refractivity contribution in [2.24, 2.45) is 0 Å². The Balaban J connectivity index is 1.93. The molecule has 0 aliphatic carbocycles. The van der Waals surface area contributed by atoms with Gasteiger partial charge in [-0.15, -0.1) is 11.3 Å². The van der Waals surface area contributed by atoms with Crippen molar-refractivity contribution in [3.8, 4) is 11.5 Å². The maximum absolute atomic E-state index is 11.8. The Morgan fingerprint density at radius 3 is 2.59 bits per heavy atom. The molecule has 0 fully saturated rings. The van der Waals surface area contributed by atoms with E-state index in [4.69, 9.17) is 9.47 Å². The molecule has 0 saturated heterocycles. The number of carbonyl (C=O) groups excluding carboxylic acids is 1. The van der Waals surface area contributed by atoms with Crippen molar-refractivity contribution in [2.75, 3.05) is 14.2 Å². The highest BCUT2D eigenvalue weighted by molar-refractivity contribution is 7.10. The SMILES string of the molecule is C=C(NNC(=O)Cc1cccs1)c1ccc(OC)c(OC)c1. The number of hydrogen-bond donors (Lipinski definition) is 2. The summed E-state index contributed by atoms with van der Waals surface area (Å²) in [6, 6.07) is 9.26. The molecule has 6 heteroatoms. The molecular formula is C16H18N2O3S. The van der Waals surface area contributed by atoms with Crippen LogP contribution >= 0.6 is 11.3 Å². The fraction of sp³-hybridized carbons (Fsp3) is 0.188. The van der Waals surface area contributed by atoms with Gasteiger partial charge < -0.3 is 9.47 Å².